The molecular weight excluding hydrogens is 623 g/mol. The predicted octanol–water partition coefficient (Wildman–Crippen LogP) is 3.61. The summed E-state index contributed by atoms with van der Waals surface area (Å²) >= 11 is -0.826. The molecule has 0 amide bonds. The fourth-order valence-electron chi connectivity index (χ4n) is 2.60. The minimum Gasteiger partial charge on any atom is 1.00 e. The summed E-state index contributed by atoms with van der Waals surface area (Å²) in [5.41, 5.74) is 17.7. The Bertz CT molecular complexity index is 685. The minimum atomic E-state index is -0.826. The first-order valence-electron chi connectivity index (χ1n) is 7.88. The monoisotopic (exact) mass is 652 g/mol. The Morgan fingerprint density at radius 3 is 1.29 bits per heavy atom. The van der Waals surface area contributed by atoms with Crippen LogP contribution in [0.5, 0.6) is 0 Å². The largest absolute Gasteiger partial charge is 1.00 e. The van der Waals surface area contributed by atoms with Crippen LogP contribution in [0.1, 0.15) is 33.4 Å². The van der Waals surface area contributed by atoms with Crippen molar-refractivity contribution in [1.29, 1.82) is 0 Å². The van der Waals surface area contributed by atoms with Crippen molar-refractivity contribution in [2.75, 3.05) is 11.2 Å². The molecule has 0 atom stereocenters. The second-order valence-electron chi connectivity index (χ2n) is 5.88. The molecule has 0 bridgehead atoms. The Hall–Kier alpha value is 0.649. The van der Waals surface area contributed by atoms with Crippen molar-refractivity contribution in [3.8, 4) is 0 Å². The summed E-state index contributed by atoms with van der Waals surface area (Å²) in [4.78, 5) is 8.00. The number of hydrazine groups is 1. The standard InChI is InChI=1S/C9H14N2.C9H13N.5ClH.HNO2.Na.Sn/c1-6-4-7(2)9(11-10)8(3)5-6;1-6-4-7(2)9(10)8(3)5-6;;;;;;2-1-3;;/h4-5,11H,10H2,1-3H3;4-5H,10H2,1-3H3;5*1H;(H,2,3);;/q;;;;;;;;+1;+2/p-3. The number of halogens is 5. The van der Waals surface area contributed by atoms with E-state index in [1.54, 1.807) is 0 Å². The van der Waals surface area contributed by atoms with E-state index in [-0.39, 0.29) is 66.8 Å². The van der Waals surface area contributed by atoms with Gasteiger partial charge in [-0.2, -0.15) is 0 Å². The fraction of sp³-hybridized carbons (Fsp3) is 0.333. The van der Waals surface area contributed by atoms with E-state index in [2.05, 4.69) is 57.4 Å². The van der Waals surface area contributed by atoms with Gasteiger partial charge in [0.15, 0.2) is 0 Å². The molecule has 0 spiro atoms. The SMILES string of the molecule is Cc1cc(C)c(N)c(C)c1.Cc1cc(C)c(NN)c(C)c1.Cl.Cl.Cl.O=N[O-].[Cl][Sn][Cl].[Na+]. The summed E-state index contributed by atoms with van der Waals surface area (Å²) in [6.45, 7) is 12.3. The van der Waals surface area contributed by atoms with Gasteiger partial charge >= 0.3 is 66.3 Å². The van der Waals surface area contributed by atoms with Gasteiger partial charge in [0, 0.05) is 5.69 Å². The number of aryl methyl sites for hydroxylation is 6. The van der Waals surface area contributed by atoms with Crippen LogP contribution < -0.4 is 46.6 Å². The Balaban J connectivity index is -0.0000000731. The number of hydrogen-bond donors (Lipinski definition) is 3. The normalized spacial score (nSPS) is 7.65. The van der Waals surface area contributed by atoms with Crippen molar-refractivity contribution >= 4 is 85.3 Å². The van der Waals surface area contributed by atoms with Crippen LogP contribution in [0.25, 0.3) is 0 Å². The van der Waals surface area contributed by atoms with Gasteiger partial charge in [-0.25, -0.2) is 0 Å². The maximum atomic E-state index is 8.00. The first kappa shape index (κ1) is 45.2. The molecule has 0 saturated heterocycles. The second-order valence-corrected chi connectivity index (χ2v) is 10.1. The van der Waals surface area contributed by atoms with Crippen molar-refractivity contribution in [3.63, 3.8) is 0 Å². The minimum absolute atomic E-state index is 0. The van der Waals surface area contributed by atoms with Gasteiger partial charge in [-0.1, -0.05) is 35.4 Å². The van der Waals surface area contributed by atoms with Crippen molar-refractivity contribution in [2.45, 2.75) is 41.5 Å². The van der Waals surface area contributed by atoms with Gasteiger partial charge < -0.3 is 21.3 Å². The summed E-state index contributed by atoms with van der Waals surface area (Å²) in [5, 5.41) is 9.00. The summed E-state index contributed by atoms with van der Waals surface area (Å²) in [6, 6.07) is 8.43. The third kappa shape index (κ3) is 21.0. The van der Waals surface area contributed by atoms with Crippen LogP contribution in [0.2, 0.25) is 0 Å². The Labute approximate surface area is 244 Å². The van der Waals surface area contributed by atoms with E-state index in [0.29, 0.717) is 0 Å². The van der Waals surface area contributed by atoms with Gasteiger partial charge in [0.25, 0.3) is 0 Å². The molecule has 0 aliphatic carbocycles. The summed E-state index contributed by atoms with van der Waals surface area (Å²) in [7, 11) is 9.87. The fourth-order valence-corrected chi connectivity index (χ4v) is 2.60. The smallest absolute Gasteiger partial charge is 1.00 e. The quantitative estimate of drug-likeness (QED) is 0.143. The molecule has 2 radical (unpaired) electrons. The van der Waals surface area contributed by atoms with E-state index in [4.69, 9.17) is 39.5 Å². The number of anilines is 2. The molecule has 174 valence electrons. The average molecular weight is 653 g/mol. The molecule has 0 aliphatic heterocycles. The molecule has 6 nitrogen and oxygen atoms in total. The van der Waals surface area contributed by atoms with Gasteiger partial charge in [0.05, 0.1) is 5.69 Å². The van der Waals surface area contributed by atoms with Crippen molar-refractivity contribution in [3.05, 3.63) is 67.8 Å². The average Bonchev–Trinajstić information content (AvgIpc) is 2.54. The second kappa shape index (κ2) is 26.9. The van der Waals surface area contributed by atoms with Crippen LogP contribution in [0.4, 0.5) is 11.4 Å². The molecule has 2 aromatic carbocycles. The molecule has 0 fully saturated rings. The molecule has 0 unspecified atom stereocenters. The first-order valence-corrected chi connectivity index (χ1v) is 15.1. The molecule has 5 N–H and O–H groups in total. The van der Waals surface area contributed by atoms with E-state index in [0.717, 1.165) is 16.7 Å². The van der Waals surface area contributed by atoms with Crippen molar-refractivity contribution in [1.82, 2.24) is 0 Å². The maximum absolute atomic E-state index is 8.00. The van der Waals surface area contributed by atoms with Gasteiger partial charge in [-0.3, -0.25) is 5.84 Å². The summed E-state index contributed by atoms with van der Waals surface area (Å²) in [6.07, 6.45) is 0. The van der Waals surface area contributed by atoms with Gasteiger partial charge in [0.1, 0.15) is 0 Å². The van der Waals surface area contributed by atoms with Crippen molar-refractivity contribution < 1.29 is 29.6 Å². The first-order chi connectivity index (χ1) is 12.6. The summed E-state index contributed by atoms with van der Waals surface area (Å²) < 4.78 is 0. The van der Waals surface area contributed by atoms with Crippen LogP contribution in [-0.2, 0) is 0 Å². The van der Waals surface area contributed by atoms with Crippen LogP contribution in [0.3, 0.4) is 0 Å². The van der Waals surface area contributed by atoms with Crippen LogP contribution >= 0.6 is 55.1 Å². The maximum Gasteiger partial charge on any atom is 1.00 e. The molecule has 0 saturated carbocycles. The van der Waals surface area contributed by atoms with E-state index in [1.807, 2.05) is 13.8 Å². The zero-order valence-electron chi connectivity index (χ0n) is 18.7. The Kier molecular flexibility index (Phi) is 39.2. The zero-order chi connectivity index (χ0) is 21.6. The van der Waals surface area contributed by atoms with Gasteiger partial charge in [0.2, 0.25) is 0 Å². The molecule has 2 aromatic rings. The Morgan fingerprint density at radius 2 is 1.06 bits per heavy atom. The molecule has 0 heterocycles. The molecule has 0 aliphatic rings. The molecule has 13 heteroatoms. The predicted molar refractivity (Wildman–Crippen MR) is 142 cm³/mol. The third-order valence-corrected chi connectivity index (χ3v) is 3.56. The van der Waals surface area contributed by atoms with E-state index >= 15 is 0 Å². The third-order valence-electron chi connectivity index (χ3n) is 3.56. The molecule has 2 rings (SSSR count). The van der Waals surface area contributed by atoms with Gasteiger partial charge in [-0.05, 0) is 63.8 Å². The van der Waals surface area contributed by atoms with Crippen LogP contribution in [-0.4, -0.2) is 18.9 Å². The zero-order valence-corrected chi connectivity index (χ0v) is 27.5. The Morgan fingerprint density at radius 1 is 0.839 bits per heavy atom. The van der Waals surface area contributed by atoms with E-state index in [9.17, 15) is 0 Å². The summed E-state index contributed by atoms with van der Waals surface area (Å²) in [5.74, 6) is 5.35. The van der Waals surface area contributed by atoms with Gasteiger partial charge in [-0.15, -0.1) is 42.6 Å². The van der Waals surface area contributed by atoms with E-state index in [1.165, 1.54) is 33.4 Å². The number of hydrogen-bond acceptors (Lipinski definition) is 6. The number of nitrogens with one attached hydrogen (secondary N) is 1. The topological polar surface area (TPSA) is 117 Å². The van der Waals surface area contributed by atoms with Crippen molar-refractivity contribution in [2.24, 2.45) is 11.2 Å². The molecular formula is C18H30Cl5N4NaO2Sn. The van der Waals surface area contributed by atoms with E-state index < -0.39 is 18.9 Å². The van der Waals surface area contributed by atoms with Crippen LogP contribution in [0.15, 0.2) is 29.6 Å². The van der Waals surface area contributed by atoms with Crippen LogP contribution in [0, 0.1) is 51.7 Å². The molecule has 0 aromatic heterocycles. The number of benzene rings is 2. The number of nitrogens with two attached hydrogens (primary N) is 2. The number of rotatable bonds is 1. The number of nitrogens with zero attached hydrogens (tertiary/aromatic N) is 1. The number of nitrogen functional groups attached to an aromatic ring is 2. The molecule has 31 heavy (non-hydrogen) atoms.